The van der Waals surface area contributed by atoms with Crippen molar-refractivity contribution in [2.75, 3.05) is 12.4 Å². The summed E-state index contributed by atoms with van der Waals surface area (Å²) in [4.78, 5) is 30.3. The van der Waals surface area contributed by atoms with Gasteiger partial charge in [0, 0.05) is 5.69 Å². The predicted octanol–water partition coefficient (Wildman–Crippen LogP) is 3.71. The lowest BCUT2D eigenvalue weighted by Gasteiger charge is -2.12. The molecule has 0 fully saturated rings. The van der Waals surface area contributed by atoms with Crippen molar-refractivity contribution < 1.29 is 9.53 Å². The molecule has 0 saturated heterocycles. The van der Waals surface area contributed by atoms with E-state index in [1.54, 1.807) is 42.0 Å². The van der Waals surface area contributed by atoms with Crippen LogP contribution in [0, 0.1) is 0 Å². The minimum absolute atomic E-state index is 0.143. The molecule has 0 unspecified atom stereocenters. The van der Waals surface area contributed by atoms with E-state index in [0.717, 1.165) is 5.56 Å². The first-order valence-corrected chi connectivity index (χ1v) is 9.14. The zero-order valence-corrected chi connectivity index (χ0v) is 15.8. The number of anilines is 1. The highest BCUT2D eigenvalue weighted by atomic mass is 16.5. The molecular formula is C23H19N3O3. The van der Waals surface area contributed by atoms with Gasteiger partial charge in [-0.3, -0.25) is 9.59 Å². The van der Waals surface area contributed by atoms with Crippen LogP contribution in [0.5, 0.6) is 5.75 Å². The molecule has 4 rings (SSSR count). The van der Waals surface area contributed by atoms with Gasteiger partial charge < -0.3 is 14.6 Å². The number of carbonyl (C=O) groups excluding carboxylic acids is 1. The number of amides is 1. The molecule has 1 N–H and O–H groups in total. The molecule has 0 bridgehead atoms. The third kappa shape index (κ3) is 3.87. The molecule has 1 aromatic heterocycles. The van der Waals surface area contributed by atoms with Crippen LogP contribution in [-0.4, -0.2) is 22.6 Å². The highest BCUT2D eigenvalue weighted by molar-refractivity contribution is 6.03. The molecule has 6 heteroatoms. The number of nitrogens with zero attached hydrogens (tertiary/aromatic N) is 2. The number of benzene rings is 3. The maximum absolute atomic E-state index is 13.1. The van der Waals surface area contributed by atoms with Crippen molar-refractivity contribution in [1.82, 2.24) is 9.55 Å². The Kier molecular flexibility index (Phi) is 5.07. The van der Waals surface area contributed by atoms with Gasteiger partial charge >= 0.3 is 0 Å². The fourth-order valence-electron chi connectivity index (χ4n) is 3.13. The number of hydrogen-bond donors (Lipinski definition) is 1. The van der Waals surface area contributed by atoms with Crippen molar-refractivity contribution in [3.05, 3.63) is 100 Å². The largest absolute Gasteiger partial charge is 0.497 e. The zero-order valence-electron chi connectivity index (χ0n) is 15.8. The molecule has 4 aromatic rings. The van der Waals surface area contributed by atoms with E-state index in [9.17, 15) is 9.59 Å². The normalized spacial score (nSPS) is 10.7. The molecule has 0 aliphatic rings. The molecule has 0 spiro atoms. The van der Waals surface area contributed by atoms with E-state index in [2.05, 4.69) is 10.3 Å². The van der Waals surface area contributed by atoms with Gasteiger partial charge in [0.05, 0.1) is 24.7 Å². The number of aromatic nitrogens is 2. The van der Waals surface area contributed by atoms with Crippen LogP contribution in [-0.2, 0) is 6.54 Å². The summed E-state index contributed by atoms with van der Waals surface area (Å²) >= 11 is 0. The number of hydrogen-bond acceptors (Lipinski definition) is 4. The first kappa shape index (κ1) is 18.4. The highest BCUT2D eigenvalue weighted by Gasteiger charge is 2.18. The fourth-order valence-corrected chi connectivity index (χ4v) is 3.13. The van der Waals surface area contributed by atoms with Crippen LogP contribution in [0.2, 0.25) is 0 Å². The van der Waals surface area contributed by atoms with Crippen LogP contribution in [0.15, 0.2) is 83.7 Å². The van der Waals surface area contributed by atoms with Gasteiger partial charge in [-0.15, -0.1) is 0 Å². The molecule has 144 valence electrons. The van der Waals surface area contributed by atoms with Gasteiger partial charge in [-0.25, -0.2) is 4.98 Å². The molecular weight excluding hydrogens is 366 g/mol. The summed E-state index contributed by atoms with van der Waals surface area (Å²) < 4.78 is 6.70. The van der Waals surface area contributed by atoms with Crippen molar-refractivity contribution in [2.45, 2.75) is 6.54 Å². The first-order chi connectivity index (χ1) is 14.2. The molecule has 1 heterocycles. The second-order valence-electron chi connectivity index (χ2n) is 6.51. The van der Waals surface area contributed by atoms with Gasteiger partial charge in [-0.2, -0.15) is 0 Å². The SMILES string of the molecule is COc1ccc(NC(=O)c2nc3ccccc3n(Cc3ccccc3)c2=O)cc1. The molecule has 0 radical (unpaired) electrons. The smallest absolute Gasteiger partial charge is 0.283 e. The number of methoxy groups -OCH3 is 1. The van der Waals surface area contributed by atoms with Gasteiger partial charge in [-0.1, -0.05) is 42.5 Å². The predicted molar refractivity (Wildman–Crippen MR) is 112 cm³/mol. The van der Waals surface area contributed by atoms with E-state index < -0.39 is 11.5 Å². The molecule has 0 aliphatic carbocycles. The summed E-state index contributed by atoms with van der Waals surface area (Å²) in [6.07, 6.45) is 0. The molecule has 1 amide bonds. The summed E-state index contributed by atoms with van der Waals surface area (Å²) in [5.41, 5.74) is 2.21. The first-order valence-electron chi connectivity index (χ1n) is 9.14. The molecule has 0 aliphatic heterocycles. The Labute approximate surface area is 167 Å². The third-order valence-electron chi connectivity index (χ3n) is 4.60. The Hall–Kier alpha value is -3.93. The van der Waals surface area contributed by atoms with Crippen molar-refractivity contribution in [3.8, 4) is 5.75 Å². The number of carbonyl (C=O) groups is 1. The van der Waals surface area contributed by atoms with Crippen LogP contribution in [0.25, 0.3) is 11.0 Å². The van der Waals surface area contributed by atoms with E-state index in [1.807, 2.05) is 48.5 Å². The Morgan fingerprint density at radius 2 is 1.66 bits per heavy atom. The van der Waals surface area contributed by atoms with Gasteiger partial charge in [0.25, 0.3) is 11.5 Å². The Bertz CT molecular complexity index is 1220. The Morgan fingerprint density at radius 1 is 0.966 bits per heavy atom. The summed E-state index contributed by atoms with van der Waals surface area (Å²) in [5.74, 6) is 0.129. The van der Waals surface area contributed by atoms with Crippen molar-refractivity contribution in [2.24, 2.45) is 0 Å². The maximum Gasteiger partial charge on any atom is 0.283 e. The number of para-hydroxylation sites is 2. The molecule has 0 atom stereocenters. The van der Waals surface area contributed by atoms with E-state index >= 15 is 0 Å². The van der Waals surface area contributed by atoms with Crippen LogP contribution in [0.4, 0.5) is 5.69 Å². The molecule has 0 saturated carbocycles. The highest BCUT2D eigenvalue weighted by Crippen LogP contribution is 2.16. The summed E-state index contributed by atoms with van der Waals surface area (Å²) in [5, 5.41) is 2.74. The average Bonchev–Trinajstić information content (AvgIpc) is 2.76. The van der Waals surface area contributed by atoms with E-state index in [4.69, 9.17) is 4.74 Å². The van der Waals surface area contributed by atoms with Crippen molar-refractivity contribution >= 4 is 22.6 Å². The lowest BCUT2D eigenvalue weighted by molar-refractivity contribution is 0.102. The summed E-state index contributed by atoms with van der Waals surface area (Å²) in [7, 11) is 1.57. The summed E-state index contributed by atoms with van der Waals surface area (Å²) in [6, 6.07) is 23.8. The molecule has 29 heavy (non-hydrogen) atoms. The monoisotopic (exact) mass is 385 g/mol. The third-order valence-corrected chi connectivity index (χ3v) is 4.60. The van der Waals surface area contributed by atoms with Gasteiger partial charge in [0.2, 0.25) is 0 Å². The van der Waals surface area contributed by atoms with Crippen molar-refractivity contribution in [1.29, 1.82) is 0 Å². The minimum atomic E-state index is -0.548. The average molecular weight is 385 g/mol. The number of ether oxygens (including phenoxy) is 1. The van der Waals surface area contributed by atoms with Crippen LogP contribution >= 0.6 is 0 Å². The van der Waals surface area contributed by atoms with Gasteiger partial charge in [0.15, 0.2) is 5.69 Å². The lowest BCUT2D eigenvalue weighted by Crippen LogP contribution is -2.31. The van der Waals surface area contributed by atoms with Gasteiger partial charge in [0.1, 0.15) is 5.75 Å². The van der Waals surface area contributed by atoms with Crippen molar-refractivity contribution in [3.63, 3.8) is 0 Å². The number of fused-ring (bicyclic) bond motifs is 1. The molecule has 3 aromatic carbocycles. The standard InChI is InChI=1S/C23H19N3O3/c1-29-18-13-11-17(12-14-18)24-22(27)21-23(28)26(15-16-7-3-2-4-8-16)20-10-6-5-9-19(20)25-21/h2-14H,15H2,1H3,(H,24,27). The zero-order chi connectivity index (χ0) is 20.2. The van der Waals surface area contributed by atoms with Crippen LogP contribution in [0.3, 0.4) is 0 Å². The fraction of sp³-hybridized carbons (Fsp3) is 0.0870. The van der Waals surface area contributed by atoms with E-state index in [1.165, 1.54) is 0 Å². The second-order valence-corrected chi connectivity index (χ2v) is 6.51. The maximum atomic E-state index is 13.1. The van der Waals surface area contributed by atoms with Gasteiger partial charge in [-0.05, 0) is 42.0 Å². The quantitative estimate of drug-likeness (QED) is 0.568. The number of rotatable bonds is 5. The van der Waals surface area contributed by atoms with E-state index in [-0.39, 0.29) is 5.69 Å². The van der Waals surface area contributed by atoms with E-state index in [0.29, 0.717) is 29.0 Å². The Balaban J connectivity index is 1.74. The van der Waals surface area contributed by atoms with Crippen LogP contribution in [0.1, 0.15) is 16.1 Å². The topological polar surface area (TPSA) is 73.2 Å². The minimum Gasteiger partial charge on any atom is -0.497 e. The van der Waals surface area contributed by atoms with Crippen LogP contribution < -0.4 is 15.6 Å². The lowest BCUT2D eigenvalue weighted by atomic mass is 10.2. The summed E-state index contributed by atoms with van der Waals surface area (Å²) in [6.45, 7) is 0.353. The number of nitrogens with one attached hydrogen (secondary N) is 1. The molecule has 6 nitrogen and oxygen atoms in total. The second kappa shape index (κ2) is 7.98. The Morgan fingerprint density at radius 3 is 2.38 bits per heavy atom.